The molecule has 0 bridgehead atoms. The van der Waals surface area contributed by atoms with Crippen LogP contribution in [0.5, 0.6) is 0 Å². The number of carbonyl (C=O) groups excluding carboxylic acids is 3. The van der Waals surface area contributed by atoms with Gasteiger partial charge in [-0.05, 0) is 32.9 Å². The number of benzene rings is 1. The third kappa shape index (κ3) is 2.62. The fraction of sp³-hybridized carbons (Fsp3) is 0.353. The highest BCUT2D eigenvalue weighted by atomic mass is 16.3. The van der Waals surface area contributed by atoms with Crippen molar-refractivity contribution in [1.29, 1.82) is 0 Å². The van der Waals surface area contributed by atoms with Crippen LogP contribution < -0.4 is 10.6 Å². The maximum absolute atomic E-state index is 12.7. The van der Waals surface area contributed by atoms with Gasteiger partial charge < -0.3 is 15.1 Å². The molecule has 1 saturated heterocycles. The summed E-state index contributed by atoms with van der Waals surface area (Å²) < 4.78 is 5.73. The first-order chi connectivity index (χ1) is 11.3. The van der Waals surface area contributed by atoms with E-state index in [2.05, 4.69) is 10.6 Å². The molecule has 2 N–H and O–H groups in total. The van der Waals surface area contributed by atoms with Crippen molar-refractivity contribution in [3.05, 3.63) is 36.1 Å². The first-order valence-electron chi connectivity index (χ1n) is 7.74. The zero-order chi connectivity index (χ0) is 17.5. The Balaban J connectivity index is 1.87. The van der Waals surface area contributed by atoms with Gasteiger partial charge in [-0.15, -0.1) is 0 Å². The van der Waals surface area contributed by atoms with Crippen molar-refractivity contribution in [3.63, 3.8) is 0 Å². The van der Waals surface area contributed by atoms with E-state index in [0.29, 0.717) is 11.3 Å². The van der Waals surface area contributed by atoms with Crippen LogP contribution in [0.25, 0.3) is 11.0 Å². The summed E-state index contributed by atoms with van der Waals surface area (Å²) in [4.78, 5) is 37.7. The Hall–Kier alpha value is -2.83. The van der Waals surface area contributed by atoms with Gasteiger partial charge in [0.15, 0.2) is 5.54 Å². The maximum Gasteiger partial charge on any atom is 0.325 e. The van der Waals surface area contributed by atoms with Gasteiger partial charge in [0.25, 0.3) is 5.91 Å². The number of nitrogens with zero attached hydrogens (tertiary/aromatic N) is 1. The Morgan fingerprint density at radius 2 is 2.04 bits per heavy atom. The summed E-state index contributed by atoms with van der Waals surface area (Å²) in [6.07, 6.45) is 0. The van der Waals surface area contributed by atoms with E-state index in [1.165, 1.54) is 0 Å². The SMILES string of the molecule is CC(C)NC(=O)CN1C(=O)N[C@@](C)(c2cc3ccccc3o2)C1=O. The van der Waals surface area contributed by atoms with E-state index < -0.39 is 17.5 Å². The lowest BCUT2D eigenvalue weighted by Crippen LogP contribution is -2.44. The lowest BCUT2D eigenvalue weighted by Gasteiger charge is -2.19. The number of imide groups is 1. The number of rotatable bonds is 4. The van der Waals surface area contributed by atoms with Gasteiger partial charge in [0.2, 0.25) is 5.91 Å². The van der Waals surface area contributed by atoms with E-state index >= 15 is 0 Å². The molecule has 0 aliphatic carbocycles. The number of hydrogen-bond acceptors (Lipinski definition) is 4. The highest BCUT2D eigenvalue weighted by Gasteiger charge is 2.51. The smallest absolute Gasteiger partial charge is 0.325 e. The van der Waals surface area contributed by atoms with Gasteiger partial charge in [-0.1, -0.05) is 18.2 Å². The lowest BCUT2D eigenvalue weighted by molar-refractivity contribution is -0.135. The number of amides is 4. The quantitative estimate of drug-likeness (QED) is 0.836. The van der Waals surface area contributed by atoms with Crippen LogP contribution in [-0.2, 0) is 15.1 Å². The normalized spacial score (nSPS) is 20.8. The van der Waals surface area contributed by atoms with Crippen molar-refractivity contribution >= 4 is 28.8 Å². The van der Waals surface area contributed by atoms with Crippen molar-refractivity contribution in [2.75, 3.05) is 6.54 Å². The summed E-state index contributed by atoms with van der Waals surface area (Å²) in [5.74, 6) is -0.554. The molecule has 24 heavy (non-hydrogen) atoms. The molecule has 7 nitrogen and oxygen atoms in total. The number of hydrogen-bond donors (Lipinski definition) is 2. The van der Waals surface area contributed by atoms with Gasteiger partial charge in [0.1, 0.15) is 17.9 Å². The molecule has 1 atom stereocenters. The van der Waals surface area contributed by atoms with E-state index in [-0.39, 0.29) is 18.5 Å². The van der Waals surface area contributed by atoms with Crippen LogP contribution in [0.1, 0.15) is 26.5 Å². The number of nitrogens with one attached hydrogen (secondary N) is 2. The van der Waals surface area contributed by atoms with E-state index in [4.69, 9.17) is 4.42 Å². The second-order valence-corrected chi connectivity index (χ2v) is 6.32. The predicted octanol–water partition coefficient (Wildman–Crippen LogP) is 1.72. The van der Waals surface area contributed by atoms with Gasteiger partial charge in [-0.3, -0.25) is 14.5 Å². The average Bonchev–Trinajstić information content (AvgIpc) is 3.03. The summed E-state index contributed by atoms with van der Waals surface area (Å²) >= 11 is 0. The fourth-order valence-corrected chi connectivity index (χ4v) is 2.75. The highest BCUT2D eigenvalue weighted by molar-refractivity contribution is 6.09. The molecule has 3 rings (SSSR count). The molecular formula is C17H19N3O4. The number of furan rings is 1. The minimum atomic E-state index is -1.33. The number of carbonyl (C=O) groups is 3. The molecular weight excluding hydrogens is 310 g/mol. The molecule has 0 unspecified atom stereocenters. The summed E-state index contributed by atoms with van der Waals surface area (Å²) in [6, 6.07) is 8.39. The lowest BCUT2D eigenvalue weighted by atomic mass is 9.99. The zero-order valence-electron chi connectivity index (χ0n) is 13.8. The summed E-state index contributed by atoms with van der Waals surface area (Å²) in [6.45, 7) is 4.87. The van der Waals surface area contributed by atoms with Gasteiger partial charge in [0.05, 0.1) is 0 Å². The van der Waals surface area contributed by atoms with Crippen LogP contribution in [-0.4, -0.2) is 35.3 Å². The molecule has 2 aromatic rings. The van der Waals surface area contributed by atoms with Gasteiger partial charge >= 0.3 is 6.03 Å². The Bertz CT molecular complexity index is 793. The third-order valence-corrected chi connectivity index (χ3v) is 3.94. The number of urea groups is 1. The van der Waals surface area contributed by atoms with E-state index in [0.717, 1.165) is 10.3 Å². The molecule has 126 valence electrons. The van der Waals surface area contributed by atoms with Gasteiger partial charge in [-0.25, -0.2) is 4.79 Å². The van der Waals surface area contributed by atoms with Crippen molar-refractivity contribution in [3.8, 4) is 0 Å². The van der Waals surface area contributed by atoms with E-state index in [1.807, 2.05) is 32.0 Å². The van der Waals surface area contributed by atoms with Crippen LogP contribution in [0.2, 0.25) is 0 Å². The monoisotopic (exact) mass is 329 g/mol. The predicted molar refractivity (Wildman–Crippen MR) is 87.1 cm³/mol. The van der Waals surface area contributed by atoms with Crippen LogP contribution in [0.3, 0.4) is 0 Å². The van der Waals surface area contributed by atoms with E-state index in [1.54, 1.807) is 19.1 Å². The summed E-state index contributed by atoms with van der Waals surface area (Å²) in [7, 11) is 0. The van der Waals surface area contributed by atoms with Crippen LogP contribution in [0.4, 0.5) is 4.79 Å². The minimum absolute atomic E-state index is 0.0694. The van der Waals surface area contributed by atoms with Gasteiger partial charge in [-0.2, -0.15) is 0 Å². The average molecular weight is 329 g/mol. The van der Waals surface area contributed by atoms with Crippen LogP contribution in [0, 0.1) is 0 Å². The molecule has 1 aromatic heterocycles. The molecule has 0 saturated carbocycles. The van der Waals surface area contributed by atoms with Crippen molar-refractivity contribution < 1.29 is 18.8 Å². The number of fused-ring (bicyclic) bond motifs is 1. The Morgan fingerprint density at radius 1 is 1.33 bits per heavy atom. The Labute approximate surface area is 139 Å². The van der Waals surface area contributed by atoms with Crippen molar-refractivity contribution in [1.82, 2.24) is 15.5 Å². The molecule has 1 aromatic carbocycles. The maximum atomic E-state index is 12.7. The molecule has 1 aliphatic heterocycles. The third-order valence-electron chi connectivity index (χ3n) is 3.94. The second kappa shape index (κ2) is 5.67. The number of para-hydroxylation sites is 1. The van der Waals surface area contributed by atoms with Crippen LogP contribution in [0.15, 0.2) is 34.7 Å². The highest BCUT2D eigenvalue weighted by Crippen LogP contribution is 2.32. The van der Waals surface area contributed by atoms with Crippen molar-refractivity contribution in [2.45, 2.75) is 32.4 Å². The zero-order valence-corrected chi connectivity index (χ0v) is 13.8. The molecule has 2 heterocycles. The van der Waals surface area contributed by atoms with Gasteiger partial charge in [0, 0.05) is 11.4 Å². The molecule has 0 radical (unpaired) electrons. The van der Waals surface area contributed by atoms with Crippen molar-refractivity contribution in [2.24, 2.45) is 0 Å². The summed E-state index contributed by atoms with van der Waals surface area (Å²) in [5, 5.41) is 6.13. The molecule has 0 spiro atoms. The standard InChI is InChI=1S/C17H19N3O4/c1-10(2)18-14(21)9-20-15(22)17(3,19-16(20)23)13-8-11-6-4-5-7-12(11)24-13/h4-8,10H,9H2,1-3H3,(H,18,21)(H,19,23)/t17-/m0/s1. The largest absolute Gasteiger partial charge is 0.458 e. The fourth-order valence-electron chi connectivity index (χ4n) is 2.75. The topological polar surface area (TPSA) is 91.7 Å². The molecule has 7 heteroatoms. The van der Waals surface area contributed by atoms with E-state index in [9.17, 15) is 14.4 Å². The Morgan fingerprint density at radius 3 is 2.71 bits per heavy atom. The first-order valence-corrected chi connectivity index (χ1v) is 7.74. The minimum Gasteiger partial charge on any atom is -0.458 e. The molecule has 1 aliphatic rings. The second-order valence-electron chi connectivity index (χ2n) is 6.32. The Kier molecular flexibility index (Phi) is 3.79. The summed E-state index contributed by atoms with van der Waals surface area (Å²) in [5.41, 5.74) is -0.694. The molecule has 4 amide bonds. The first kappa shape index (κ1) is 16.0. The molecule has 1 fully saturated rings. The van der Waals surface area contributed by atoms with Crippen LogP contribution >= 0.6 is 0 Å².